The third-order valence-corrected chi connectivity index (χ3v) is 5.69. The lowest BCUT2D eigenvalue weighted by Crippen LogP contribution is -2.49. The fourth-order valence-electron chi connectivity index (χ4n) is 2.59. The van der Waals surface area contributed by atoms with E-state index in [9.17, 15) is 0 Å². The Morgan fingerprint density at radius 3 is 2.65 bits per heavy atom. The van der Waals surface area contributed by atoms with Gasteiger partial charge in [0.1, 0.15) is 0 Å². The summed E-state index contributed by atoms with van der Waals surface area (Å²) in [6.07, 6.45) is 1.68. The van der Waals surface area contributed by atoms with E-state index in [1.807, 2.05) is 6.07 Å². The molecular weight excluding hydrogens is 395 g/mol. The molecule has 0 saturated carbocycles. The number of hydrogen-bond acceptors (Lipinski definition) is 8. The number of aliphatic hydroxyl groups excluding tert-OH is 1. The molecular formula is C16H20Cl2N6OS. The number of piperazine rings is 1. The van der Waals surface area contributed by atoms with Crippen LogP contribution in [0.2, 0.25) is 10.0 Å². The first-order chi connectivity index (χ1) is 12.5. The summed E-state index contributed by atoms with van der Waals surface area (Å²) in [5, 5.41) is 12.3. The second-order valence-electron chi connectivity index (χ2n) is 5.78. The van der Waals surface area contributed by atoms with Gasteiger partial charge in [-0.25, -0.2) is 9.99 Å². The highest BCUT2D eigenvalue weighted by Crippen LogP contribution is 2.37. The predicted octanol–water partition coefficient (Wildman–Crippen LogP) is 2.45. The van der Waals surface area contributed by atoms with Crippen molar-refractivity contribution in [2.75, 3.05) is 50.5 Å². The number of benzene rings is 1. The van der Waals surface area contributed by atoms with Gasteiger partial charge >= 0.3 is 0 Å². The number of nitrogens with two attached hydrogens (primary N) is 1. The molecule has 1 aromatic carbocycles. The smallest absolute Gasteiger partial charge is 0.222 e. The van der Waals surface area contributed by atoms with Gasteiger partial charge in [0.15, 0.2) is 5.82 Å². The first kappa shape index (κ1) is 19.5. The first-order valence-electron chi connectivity index (χ1n) is 8.15. The Labute approximate surface area is 166 Å². The van der Waals surface area contributed by atoms with Crippen LogP contribution in [0.4, 0.5) is 11.8 Å². The molecule has 0 aliphatic carbocycles. The van der Waals surface area contributed by atoms with Crippen LogP contribution in [-0.4, -0.2) is 64.3 Å². The van der Waals surface area contributed by atoms with Crippen LogP contribution in [0.3, 0.4) is 0 Å². The Kier molecular flexibility index (Phi) is 6.80. The molecule has 0 bridgehead atoms. The molecule has 0 spiro atoms. The van der Waals surface area contributed by atoms with E-state index in [2.05, 4.69) is 25.3 Å². The summed E-state index contributed by atoms with van der Waals surface area (Å²) in [5.74, 6) is 0.849. The van der Waals surface area contributed by atoms with Crippen molar-refractivity contribution in [3.05, 3.63) is 34.4 Å². The van der Waals surface area contributed by atoms with E-state index in [0.717, 1.165) is 36.0 Å². The first-order valence-corrected chi connectivity index (χ1v) is 9.72. The largest absolute Gasteiger partial charge is 0.395 e. The van der Waals surface area contributed by atoms with Crippen LogP contribution in [0.25, 0.3) is 0 Å². The number of anilines is 2. The summed E-state index contributed by atoms with van der Waals surface area (Å²) >= 11 is 13.7. The van der Waals surface area contributed by atoms with Crippen LogP contribution in [0.5, 0.6) is 0 Å². The topological polar surface area (TPSA) is 90.5 Å². The molecule has 0 unspecified atom stereocenters. The molecule has 26 heavy (non-hydrogen) atoms. The molecule has 2 aromatic rings. The number of nitrogens with zero attached hydrogens (tertiary/aromatic N) is 4. The molecule has 0 atom stereocenters. The highest BCUT2D eigenvalue weighted by Gasteiger charge is 2.18. The van der Waals surface area contributed by atoms with Gasteiger partial charge in [-0.3, -0.25) is 4.90 Å². The van der Waals surface area contributed by atoms with Crippen molar-refractivity contribution >= 4 is 46.7 Å². The summed E-state index contributed by atoms with van der Waals surface area (Å²) in [4.78, 5) is 12.3. The Hall–Kier alpha value is -1.29. The van der Waals surface area contributed by atoms with Gasteiger partial charge in [0.2, 0.25) is 5.95 Å². The maximum Gasteiger partial charge on any atom is 0.222 e. The Balaban J connectivity index is 1.72. The number of rotatable bonds is 6. The molecule has 1 aromatic heterocycles. The number of β-amino-alcohol motifs (C(OH)–C–C–N with tert-alkyl or cyclic N) is 1. The summed E-state index contributed by atoms with van der Waals surface area (Å²) in [6.45, 7) is 4.26. The van der Waals surface area contributed by atoms with Crippen molar-refractivity contribution in [1.29, 1.82) is 0 Å². The van der Waals surface area contributed by atoms with Gasteiger partial charge in [-0.1, -0.05) is 35.0 Å². The van der Waals surface area contributed by atoms with Crippen molar-refractivity contribution in [1.82, 2.24) is 19.9 Å². The Morgan fingerprint density at radius 1 is 1.19 bits per heavy atom. The SMILES string of the molecule is Nc1ncc(Sc2ccc(Cl)cc2Cl)c(NN2CCN(CCO)CC2)n1. The highest BCUT2D eigenvalue weighted by molar-refractivity contribution is 7.99. The zero-order valence-electron chi connectivity index (χ0n) is 14.0. The molecule has 0 amide bonds. The van der Waals surface area contributed by atoms with Gasteiger partial charge in [0.05, 0.1) is 16.5 Å². The van der Waals surface area contributed by atoms with Crippen LogP contribution in [-0.2, 0) is 0 Å². The summed E-state index contributed by atoms with van der Waals surface area (Å²) < 4.78 is 0. The van der Waals surface area contributed by atoms with Gasteiger partial charge in [0, 0.05) is 48.8 Å². The molecule has 1 aliphatic rings. The number of hydrazine groups is 1. The van der Waals surface area contributed by atoms with E-state index in [1.165, 1.54) is 11.8 Å². The van der Waals surface area contributed by atoms with E-state index < -0.39 is 0 Å². The Morgan fingerprint density at radius 2 is 1.96 bits per heavy atom. The third-order valence-electron chi connectivity index (χ3n) is 3.94. The minimum absolute atomic E-state index is 0.179. The van der Waals surface area contributed by atoms with Gasteiger partial charge in [-0.05, 0) is 18.2 Å². The minimum atomic E-state index is 0.179. The molecule has 0 radical (unpaired) electrons. The van der Waals surface area contributed by atoms with Gasteiger partial charge in [0.25, 0.3) is 0 Å². The van der Waals surface area contributed by atoms with Crippen molar-refractivity contribution in [3.8, 4) is 0 Å². The van der Waals surface area contributed by atoms with Crippen LogP contribution >= 0.6 is 35.0 Å². The average Bonchev–Trinajstić information content (AvgIpc) is 2.61. The molecule has 4 N–H and O–H groups in total. The van der Waals surface area contributed by atoms with Gasteiger partial charge in [-0.2, -0.15) is 4.98 Å². The van der Waals surface area contributed by atoms with E-state index in [-0.39, 0.29) is 12.6 Å². The van der Waals surface area contributed by atoms with Crippen molar-refractivity contribution in [2.24, 2.45) is 0 Å². The van der Waals surface area contributed by atoms with Crippen molar-refractivity contribution in [3.63, 3.8) is 0 Å². The van der Waals surface area contributed by atoms with Crippen LogP contribution in [0, 0.1) is 0 Å². The van der Waals surface area contributed by atoms with E-state index in [0.29, 0.717) is 22.4 Å². The minimum Gasteiger partial charge on any atom is -0.395 e. The maximum absolute atomic E-state index is 9.04. The quantitative estimate of drug-likeness (QED) is 0.663. The molecule has 2 heterocycles. The highest BCUT2D eigenvalue weighted by atomic mass is 35.5. The van der Waals surface area contributed by atoms with Crippen LogP contribution in [0.15, 0.2) is 34.2 Å². The second kappa shape index (κ2) is 9.07. The molecule has 7 nitrogen and oxygen atoms in total. The molecule has 1 aliphatic heterocycles. The molecule has 10 heteroatoms. The van der Waals surface area contributed by atoms with Crippen molar-refractivity contribution in [2.45, 2.75) is 9.79 Å². The van der Waals surface area contributed by atoms with Crippen LogP contribution < -0.4 is 11.2 Å². The molecule has 1 fully saturated rings. The number of nitrogens with one attached hydrogen (secondary N) is 1. The normalized spacial score (nSPS) is 16.0. The zero-order chi connectivity index (χ0) is 18.5. The van der Waals surface area contributed by atoms with Gasteiger partial charge < -0.3 is 16.3 Å². The predicted molar refractivity (Wildman–Crippen MR) is 106 cm³/mol. The van der Waals surface area contributed by atoms with E-state index in [4.69, 9.17) is 34.0 Å². The monoisotopic (exact) mass is 414 g/mol. The van der Waals surface area contributed by atoms with Crippen LogP contribution in [0.1, 0.15) is 0 Å². The standard InChI is InChI=1S/C16H20Cl2N6OS/c17-11-1-2-13(12(18)9-11)26-14-10-20-16(19)21-15(14)22-24-5-3-23(4-6-24)7-8-25/h1-2,9-10,25H,3-8H2,(H3,19,20,21,22). The van der Waals surface area contributed by atoms with Crippen molar-refractivity contribution < 1.29 is 5.11 Å². The fraction of sp³-hybridized carbons (Fsp3) is 0.375. The number of aromatic nitrogens is 2. The van der Waals surface area contributed by atoms with Gasteiger partial charge in [-0.15, -0.1) is 0 Å². The number of hydrogen-bond donors (Lipinski definition) is 3. The van der Waals surface area contributed by atoms with E-state index >= 15 is 0 Å². The molecule has 140 valence electrons. The molecule has 3 rings (SSSR count). The lowest BCUT2D eigenvalue weighted by Gasteiger charge is -2.34. The number of halogens is 2. The number of nitrogen functional groups attached to an aromatic ring is 1. The molecule has 1 saturated heterocycles. The maximum atomic E-state index is 9.04. The summed E-state index contributed by atoms with van der Waals surface area (Å²) in [6, 6.07) is 5.36. The zero-order valence-corrected chi connectivity index (χ0v) is 16.4. The summed E-state index contributed by atoms with van der Waals surface area (Å²) in [5.41, 5.74) is 9.09. The third kappa shape index (κ3) is 5.12. The number of aliphatic hydroxyl groups is 1. The summed E-state index contributed by atoms with van der Waals surface area (Å²) in [7, 11) is 0. The lowest BCUT2D eigenvalue weighted by atomic mass is 10.3. The van der Waals surface area contributed by atoms with E-state index in [1.54, 1.807) is 18.3 Å². The average molecular weight is 415 g/mol. The second-order valence-corrected chi connectivity index (χ2v) is 7.71. The lowest BCUT2D eigenvalue weighted by molar-refractivity contribution is 0.127. The Bertz CT molecular complexity index is 758. The fourth-order valence-corrected chi connectivity index (χ4v) is 3.94.